The van der Waals surface area contributed by atoms with Crippen LogP contribution in [0.5, 0.6) is 11.5 Å². The van der Waals surface area contributed by atoms with E-state index in [1.165, 1.54) is 24.3 Å². The molecule has 0 spiro atoms. The molecule has 2 aromatic heterocycles. The van der Waals surface area contributed by atoms with Crippen LogP contribution in [-0.4, -0.2) is 71.2 Å². The van der Waals surface area contributed by atoms with Crippen LogP contribution in [0, 0.1) is 0 Å². The third-order valence-electron chi connectivity index (χ3n) is 10.9. The fourth-order valence-corrected chi connectivity index (χ4v) is 7.77. The molecule has 0 saturated carbocycles. The molecule has 6 aromatic rings. The van der Waals surface area contributed by atoms with Crippen LogP contribution in [-0.2, 0) is 44.5 Å². The zero-order valence-electron chi connectivity index (χ0n) is 42.3. The van der Waals surface area contributed by atoms with Crippen LogP contribution in [0.25, 0.3) is 21.9 Å². The third-order valence-corrected chi connectivity index (χ3v) is 11.1. The number of aryl methyl sites for hydroxylation is 2. The second-order valence-corrected chi connectivity index (χ2v) is 16.4. The Kier molecular flexibility index (Phi) is 28.7. The number of carbonyl (C=O) groups excluding carboxylic acids is 5. The summed E-state index contributed by atoms with van der Waals surface area (Å²) in [6.07, 6.45) is -5.22. The van der Waals surface area contributed by atoms with Gasteiger partial charge in [-0.2, -0.15) is 26.3 Å². The summed E-state index contributed by atoms with van der Waals surface area (Å²) in [7, 11) is 0. The minimum absolute atomic E-state index is 0. The maximum Gasteiger partial charge on any atom is 1.00 e. The van der Waals surface area contributed by atoms with Crippen molar-refractivity contribution in [1.82, 2.24) is 31.2 Å². The number of ether oxygens (including phenoxy) is 2. The minimum Gasteiger partial charge on any atom is -1.00 e. The van der Waals surface area contributed by atoms with Crippen molar-refractivity contribution in [3.8, 4) is 11.5 Å². The molecule has 17 nitrogen and oxygen atoms in total. The molecule has 2 fully saturated rings. The second kappa shape index (κ2) is 32.6. The van der Waals surface area contributed by atoms with Crippen LogP contribution in [0.15, 0.2) is 94.0 Å². The molecule has 2 saturated heterocycles. The number of carbonyl (C=O) groups is 5. The van der Waals surface area contributed by atoms with E-state index >= 15 is 0 Å². The zero-order chi connectivity index (χ0) is 53.1. The van der Waals surface area contributed by atoms with Gasteiger partial charge < -0.3 is 40.7 Å². The number of rotatable bonds is 16. The molecule has 4 heterocycles. The van der Waals surface area contributed by atoms with E-state index in [4.69, 9.17) is 40.2 Å². The van der Waals surface area contributed by atoms with Crippen molar-refractivity contribution in [2.24, 2.45) is 0 Å². The first-order valence-electron chi connectivity index (χ1n) is 22.8. The molecule has 75 heavy (non-hydrogen) atoms. The van der Waals surface area contributed by atoms with Gasteiger partial charge in [0.1, 0.15) is 11.5 Å². The molecule has 3 N–H and O–H groups in total. The average molecular weight is 1320 g/mol. The summed E-state index contributed by atoms with van der Waals surface area (Å²) in [6.45, 7) is 4.39. The number of hydrogen-bond acceptors (Lipinski definition) is 13. The number of hydrogen-bond donors (Lipinski definition) is 3. The van der Waals surface area contributed by atoms with Gasteiger partial charge in [0, 0.05) is 23.6 Å². The van der Waals surface area contributed by atoms with Gasteiger partial charge >= 0.3 is 162 Å². The van der Waals surface area contributed by atoms with Crippen LogP contribution in [0.2, 0.25) is 0 Å². The van der Waals surface area contributed by atoms with Crippen molar-refractivity contribution < 1.29 is 218 Å². The Labute approximate surface area is 550 Å². The Bertz CT molecular complexity index is 2760. The largest absolute Gasteiger partial charge is 1.00 e. The van der Waals surface area contributed by atoms with Gasteiger partial charge in [-0.25, -0.2) is 9.59 Å². The summed E-state index contributed by atoms with van der Waals surface area (Å²) >= 11 is 5.58. The predicted molar refractivity (Wildman–Crippen MR) is 250 cm³/mol. The van der Waals surface area contributed by atoms with E-state index in [0.717, 1.165) is 22.4 Å². The molecule has 4 aromatic carbocycles. The molecule has 26 heteroatoms. The van der Waals surface area contributed by atoms with E-state index in [9.17, 15) is 45.5 Å². The molecule has 2 unspecified atom stereocenters. The maximum atomic E-state index is 13.2. The SMILES string of the molecule is CCCc1c(OCCCCl)ccc2c(C(F)(F)F)noc12.CCCc1c(OCCCN2C(=O)CC(c3ccccc3)NC2=O)ccc2c(C(F)(F)F)noc12.O=C1CC(c2ccccc2)NC(=O)N1.O=CO[O-].[Cs+].[Cs+].[H-]. The van der Waals surface area contributed by atoms with Crippen LogP contribution in [0.3, 0.4) is 0 Å². The molecular formula is C49H51ClCs2F6N6O11. The molecule has 394 valence electrons. The standard InChI is InChI=1S/C24H24F3N3O4.C14H15ClF3NO2.C10H10N2O2.CH2O3.2Cs.H/c1-2-7-16-19(11-10-17-21(16)34-29-22(17)24(25,26)27)33-13-6-12-30-20(31)14-18(28-23(30)32)15-8-4-3-5-9-15;1-2-4-9-11(20-8-3-7-15)6-5-10-12(9)21-19-13(10)14(16,17)18;13-9-6-8(11-10(14)12-9)7-4-2-1-3-5-7;2-1-4-3;;;/h3-5,8-11,18H,2,6-7,12-14H2,1H3,(H,28,32);5-6H,2-4,7-8H2,1H3;1-5,8H,6H2,(H2,11,12,13,14);1,3H;;;/q;;;;2*+1;-1/p-1. The first-order valence-corrected chi connectivity index (χ1v) is 23.3. The van der Waals surface area contributed by atoms with Crippen molar-refractivity contribution in [1.29, 1.82) is 0 Å². The zero-order valence-corrected chi connectivity index (χ0v) is 54.6. The van der Waals surface area contributed by atoms with Gasteiger partial charge in [0.2, 0.25) is 11.8 Å². The number of alkyl halides is 7. The quantitative estimate of drug-likeness (QED) is 0.0315. The normalized spacial score (nSPS) is 15.2. The van der Waals surface area contributed by atoms with Gasteiger partial charge in [0.05, 0.1) is 48.9 Å². The van der Waals surface area contributed by atoms with Crippen molar-refractivity contribution in [2.45, 2.75) is 89.7 Å². The number of aromatic nitrogens is 2. The molecule has 0 radical (unpaired) electrons. The first kappa shape index (κ1) is 66.0. The summed E-state index contributed by atoms with van der Waals surface area (Å²) < 4.78 is 99.4. The van der Waals surface area contributed by atoms with Gasteiger partial charge in [-0.05, 0) is 61.1 Å². The number of fused-ring (bicyclic) bond motifs is 2. The van der Waals surface area contributed by atoms with Gasteiger partial charge in [-0.15, -0.1) is 11.6 Å². The molecule has 0 bridgehead atoms. The maximum absolute atomic E-state index is 13.2. The smallest absolute Gasteiger partial charge is 1.00 e. The van der Waals surface area contributed by atoms with Gasteiger partial charge in [0.15, 0.2) is 22.6 Å². The summed E-state index contributed by atoms with van der Waals surface area (Å²) in [6, 6.07) is 22.9. The van der Waals surface area contributed by atoms with Crippen molar-refractivity contribution in [3.05, 3.63) is 119 Å². The third kappa shape index (κ3) is 19.2. The summed E-state index contributed by atoms with van der Waals surface area (Å²) in [4.78, 5) is 59.5. The second-order valence-electron chi connectivity index (χ2n) is 16.0. The molecule has 2 aliphatic rings. The number of nitrogens with one attached hydrogen (secondary N) is 3. The number of halogens is 7. The Hall–Kier alpha value is -3.30. The van der Waals surface area contributed by atoms with Crippen LogP contribution >= 0.6 is 11.6 Å². The molecule has 0 aliphatic carbocycles. The van der Waals surface area contributed by atoms with Crippen molar-refractivity contribution >= 4 is 63.9 Å². The van der Waals surface area contributed by atoms with E-state index in [0.29, 0.717) is 73.6 Å². The first-order chi connectivity index (χ1) is 34.9. The Morgan fingerprint density at radius 3 is 1.57 bits per heavy atom. The van der Waals surface area contributed by atoms with Gasteiger partial charge in [-0.3, -0.25) is 24.6 Å². The topological polar surface area (TPSA) is 227 Å². The summed E-state index contributed by atoms with van der Waals surface area (Å²) in [5, 5.41) is 22.4. The van der Waals surface area contributed by atoms with E-state index in [2.05, 4.69) is 31.2 Å². The van der Waals surface area contributed by atoms with Crippen LogP contribution < -0.4 is 168 Å². The summed E-state index contributed by atoms with van der Waals surface area (Å²) in [5.74, 6) is 0.887. The van der Waals surface area contributed by atoms with E-state index < -0.39 is 35.8 Å². The average Bonchev–Trinajstić information content (AvgIpc) is 4.02. The fourth-order valence-electron chi connectivity index (χ4n) is 7.66. The van der Waals surface area contributed by atoms with Crippen LogP contribution in [0.1, 0.15) is 99.5 Å². The number of amides is 6. The predicted octanol–water partition coefficient (Wildman–Crippen LogP) is 3.57. The van der Waals surface area contributed by atoms with E-state index in [1.54, 1.807) is 0 Å². The van der Waals surface area contributed by atoms with E-state index in [1.807, 2.05) is 74.5 Å². The van der Waals surface area contributed by atoms with Crippen molar-refractivity contribution in [2.75, 3.05) is 25.6 Å². The Morgan fingerprint density at radius 1 is 0.720 bits per heavy atom. The molecule has 2 aliphatic heterocycles. The monoisotopic (exact) mass is 1310 g/mol. The van der Waals surface area contributed by atoms with Gasteiger partial charge in [-0.1, -0.05) is 97.7 Å². The van der Waals surface area contributed by atoms with E-state index in [-0.39, 0.29) is 211 Å². The molecule has 8 rings (SSSR count). The molecule has 6 amide bonds. The number of imide groups is 2. The van der Waals surface area contributed by atoms with Crippen molar-refractivity contribution in [3.63, 3.8) is 0 Å². The summed E-state index contributed by atoms with van der Waals surface area (Å²) in [5.41, 5.74) is 1.10. The molecular weight excluding hydrogens is 1260 g/mol. The Morgan fingerprint density at radius 2 is 1.17 bits per heavy atom. The van der Waals surface area contributed by atoms with Gasteiger partial charge in [0.25, 0.3) is 6.47 Å². The number of benzene rings is 4. The Balaban J connectivity index is 0.000000402. The van der Waals surface area contributed by atoms with Crippen LogP contribution in [0.4, 0.5) is 35.9 Å². The number of urea groups is 2. The number of nitrogens with zero attached hydrogens (tertiary/aromatic N) is 3. The fraction of sp³-hybridized carbons (Fsp3) is 0.367. The minimum atomic E-state index is -4.61. The molecule has 2 atom stereocenters.